The monoisotopic (exact) mass is 409 g/mol. The van der Waals surface area contributed by atoms with Crippen molar-refractivity contribution in [3.8, 4) is 0 Å². The van der Waals surface area contributed by atoms with Gasteiger partial charge in [-0.25, -0.2) is 13.2 Å². The molecule has 26 heavy (non-hydrogen) atoms. The number of benzene rings is 1. The molecule has 0 aliphatic rings. The van der Waals surface area contributed by atoms with Crippen LogP contribution in [0.25, 0.3) is 0 Å². The van der Waals surface area contributed by atoms with Gasteiger partial charge in [0.1, 0.15) is 9.77 Å². The molecule has 0 saturated heterocycles. The molecule has 3 aromatic rings. The van der Waals surface area contributed by atoms with Gasteiger partial charge in [-0.3, -0.25) is 9.40 Å². The molecule has 2 aromatic heterocycles. The van der Waals surface area contributed by atoms with Gasteiger partial charge in [0.2, 0.25) is 0 Å². The fourth-order valence-corrected chi connectivity index (χ4v) is 5.24. The zero-order valence-corrected chi connectivity index (χ0v) is 16.1. The average molecular weight is 410 g/mol. The number of hydrogen-bond acceptors (Lipinski definition) is 7. The van der Waals surface area contributed by atoms with Gasteiger partial charge in [0.15, 0.2) is 0 Å². The topological polar surface area (TPSA) is 90.3 Å². The molecule has 1 N–H and O–H groups in total. The van der Waals surface area contributed by atoms with Gasteiger partial charge in [-0.1, -0.05) is 18.2 Å². The van der Waals surface area contributed by atoms with Crippen molar-refractivity contribution in [3.63, 3.8) is 0 Å². The van der Waals surface area contributed by atoms with Crippen molar-refractivity contribution in [3.05, 3.63) is 59.0 Å². The number of anilines is 1. The van der Waals surface area contributed by atoms with Gasteiger partial charge in [-0.05, 0) is 23.6 Å². The molecule has 0 aliphatic carbocycles. The van der Waals surface area contributed by atoms with E-state index in [2.05, 4.69) is 14.6 Å². The highest BCUT2D eigenvalue weighted by Gasteiger charge is 2.25. The standard InChI is InChI=1S/C16H15N3O4S3/c1-23-16(20)15-14(7-8-24-15)26(21,22)18-12-9-17-19(10-12)11-25-13-5-3-2-4-6-13/h2-10,18H,11H2,1H3. The Labute approximate surface area is 159 Å². The summed E-state index contributed by atoms with van der Waals surface area (Å²) >= 11 is 2.59. The first-order valence-electron chi connectivity index (χ1n) is 7.38. The van der Waals surface area contributed by atoms with E-state index in [-0.39, 0.29) is 9.77 Å². The first-order chi connectivity index (χ1) is 12.5. The molecule has 2 heterocycles. The van der Waals surface area contributed by atoms with Gasteiger partial charge in [-0.15, -0.1) is 23.1 Å². The molecule has 136 valence electrons. The number of hydrogen-bond donors (Lipinski definition) is 1. The van der Waals surface area contributed by atoms with E-state index >= 15 is 0 Å². The number of nitrogens with one attached hydrogen (secondary N) is 1. The maximum Gasteiger partial charge on any atom is 0.349 e. The number of nitrogens with zero attached hydrogens (tertiary/aromatic N) is 2. The molecule has 10 heteroatoms. The number of thioether (sulfide) groups is 1. The summed E-state index contributed by atoms with van der Waals surface area (Å²) in [6.45, 7) is 0. The molecule has 0 bridgehead atoms. The van der Waals surface area contributed by atoms with Gasteiger partial charge >= 0.3 is 5.97 Å². The molecule has 0 unspecified atom stereocenters. The maximum absolute atomic E-state index is 12.5. The predicted octanol–water partition coefficient (Wildman–Crippen LogP) is 3.28. The Bertz CT molecular complexity index is 997. The predicted molar refractivity (Wildman–Crippen MR) is 101 cm³/mol. The zero-order valence-electron chi connectivity index (χ0n) is 13.7. The van der Waals surface area contributed by atoms with Crippen molar-refractivity contribution >= 4 is 44.8 Å². The smallest absolute Gasteiger partial charge is 0.349 e. The Morgan fingerprint density at radius 2 is 2.08 bits per heavy atom. The number of esters is 1. The molecule has 0 radical (unpaired) electrons. The normalized spacial score (nSPS) is 11.3. The third-order valence-corrected chi connectivity index (χ3v) is 6.73. The van der Waals surface area contributed by atoms with Crippen molar-refractivity contribution in [1.82, 2.24) is 9.78 Å². The van der Waals surface area contributed by atoms with Gasteiger partial charge in [0, 0.05) is 4.90 Å². The van der Waals surface area contributed by atoms with Crippen LogP contribution < -0.4 is 4.72 Å². The van der Waals surface area contributed by atoms with Crippen LogP contribution in [0, 0.1) is 0 Å². The highest BCUT2D eigenvalue weighted by molar-refractivity contribution is 7.98. The molecule has 3 rings (SSSR count). The number of thiophene rings is 1. The second kappa shape index (κ2) is 7.94. The summed E-state index contributed by atoms with van der Waals surface area (Å²) in [5.41, 5.74) is 0.320. The second-order valence-electron chi connectivity index (χ2n) is 5.07. The van der Waals surface area contributed by atoms with E-state index in [1.807, 2.05) is 30.3 Å². The molecule has 0 saturated carbocycles. The van der Waals surface area contributed by atoms with Crippen molar-refractivity contribution < 1.29 is 17.9 Å². The summed E-state index contributed by atoms with van der Waals surface area (Å²) < 4.78 is 33.8. The highest BCUT2D eigenvalue weighted by atomic mass is 32.2. The summed E-state index contributed by atoms with van der Waals surface area (Å²) in [4.78, 5) is 12.7. The first-order valence-corrected chi connectivity index (χ1v) is 10.7. The van der Waals surface area contributed by atoms with Crippen LogP contribution in [0.15, 0.2) is 64.0 Å². The van der Waals surface area contributed by atoms with Crippen LogP contribution in [0.3, 0.4) is 0 Å². The average Bonchev–Trinajstić information content (AvgIpc) is 3.29. The van der Waals surface area contributed by atoms with Crippen LogP contribution in [0.4, 0.5) is 5.69 Å². The Kier molecular flexibility index (Phi) is 5.64. The van der Waals surface area contributed by atoms with Crippen LogP contribution in [0.2, 0.25) is 0 Å². The van der Waals surface area contributed by atoms with Crippen LogP contribution in [-0.4, -0.2) is 31.3 Å². The Balaban J connectivity index is 1.70. The summed E-state index contributed by atoms with van der Waals surface area (Å²) in [6.07, 6.45) is 3.02. The Morgan fingerprint density at radius 1 is 1.31 bits per heavy atom. The molecule has 7 nitrogen and oxygen atoms in total. The molecule has 0 spiro atoms. The lowest BCUT2D eigenvalue weighted by atomic mass is 10.4. The quantitative estimate of drug-likeness (QED) is 0.476. The van der Waals surface area contributed by atoms with Crippen LogP contribution >= 0.6 is 23.1 Å². The molecule has 0 fully saturated rings. The molecule has 0 amide bonds. The lowest BCUT2D eigenvalue weighted by Gasteiger charge is -2.06. The third-order valence-electron chi connectivity index (χ3n) is 3.28. The minimum Gasteiger partial charge on any atom is -0.465 e. The van der Waals surface area contributed by atoms with E-state index in [1.165, 1.54) is 24.8 Å². The Morgan fingerprint density at radius 3 is 2.81 bits per heavy atom. The van der Waals surface area contributed by atoms with Crippen molar-refractivity contribution in [1.29, 1.82) is 0 Å². The summed E-state index contributed by atoms with van der Waals surface area (Å²) in [6, 6.07) is 11.2. The minimum absolute atomic E-state index is 0.0343. The number of carbonyl (C=O) groups is 1. The zero-order chi connectivity index (χ0) is 18.6. The second-order valence-corrected chi connectivity index (χ2v) is 8.65. The van der Waals surface area contributed by atoms with Crippen molar-refractivity contribution in [2.75, 3.05) is 11.8 Å². The molecule has 1 aromatic carbocycles. The molecule has 0 aliphatic heterocycles. The SMILES string of the molecule is COC(=O)c1sccc1S(=O)(=O)Nc1cnn(CSc2ccccc2)c1. The van der Waals surface area contributed by atoms with Crippen molar-refractivity contribution in [2.45, 2.75) is 15.7 Å². The van der Waals surface area contributed by atoms with Crippen LogP contribution in [0.5, 0.6) is 0 Å². The summed E-state index contributed by atoms with van der Waals surface area (Å²) in [5, 5.41) is 5.68. The van der Waals surface area contributed by atoms with Gasteiger partial charge in [0.05, 0.1) is 31.1 Å². The number of rotatable bonds is 7. The largest absolute Gasteiger partial charge is 0.465 e. The van der Waals surface area contributed by atoms with E-state index in [4.69, 9.17) is 0 Å². The number of ether oxygens (including phenoxy) is 1. The van der Waals surface area contributed by atoms with Crippen LogP contribution in [0.1, 0.15) is 9.67 Å². The molecule has 0 atom stereocenters. The van der Waals surface area contributed by atoms with E-state index in [0.717, 1.165) is 16.2 Å². The highest BCUT2D eigenvalue weighted by Crippen LogP contribution is 2.25. The number of methoxy groups -OCH3 is 1. The first kappa shape index (κ1) is 18.5. The van der Waals surface area contributed by atoms with Gasteiger partial charge in [-0.2, -0.15) is 5.10 Å². The van der Waals surface area contributed by atoms with Crippen LogP contribution in [-0.2, 0) is 20.6 Å². The molecular formula is C16H15N3O4S3. The van der Waals surface area contributed by atoms with Gasteiger partial charge in [0.25, 0.3) is 10.0 Å². The van der Waals surface area contributed by atoms with Gasteiger partial charge < -0.3 is 4.74 Å². The maximum atomic E-state index is 12.5. The number of carbonyl (C=O) groups excluding carboxylic acids is 1. The van der Waals surface area contributed by atoms with E-state index in [1.54, 1.807) is 22.6 Å². The van der Waals surface area contributed by atoms with E-state index in [0.29, 0.717) is 11.6 Å². The summed E-state index contributed by atoms with van der Waals surface area (Å²) in [7, 11) is -2.70. The van der Waals surface area contributed by atoms with Crippen molar-refractivity contribution in [2.24, 2.45) is 0 Å². The Hall–Kier alpha value is -2.30. The number of aromatic nitrogens is 2. The molecular weight excluding hydrogens is 394 g/mol. The van der Waals surface area contributed by atoms with E-state index < -0.39 is 16.0 Å². The fraction of sp³-hybridized carbons (Fsp3) is 0.125. The fourth-order valence-electron chi connectivity index (χ4n) is 2.11. The minimum atomic E-state index is -3.91. The third kappa shape index (κ3) is 4.26. The lowest BCUT2D eigenvalue weighted by Crippen LogP contribution is -2.15. The lowest BCUT2D eigenvalue weighted by molar-refractivity contribution is 0.0602. The van der Waals surface area contributed by atoms with E-state index in [9.17, 15) is 13.2 Å². The summed E-state index contributed by atoms with van der Waals surface area (Å²) in [5.74, 6) is -0.146. The number of sulfonamides is 1.